The van der Waals surface area contributed by atoms with Crippen molar-refractivity contribution in [3.8, 4) is 5.75 Å². The summed E-state index contributed by atoms with van der Waals surface area (Å²) in [6.07, 6.45) is 3.46. The van der Waals surface area contributed by atoms with E-state index < -0.39 is 6.04 Å². The zero-order valence-corrected chi connectivity index (χ0v) is 17.8. The van der Waals surface area contributed by atoms with Gasteiger partial charge in [0.25, 0.3) is 5.56 Å². The maximum Gasteiger partial charge on any atom is 0.259 e. The van der Waals surface area contributed by atoms with E-state index in [2.05, 4.69) is 14.8 Å². The van der Waals surface area contributed by atoms with E-state index in [1.807, 2.05) is 26.0 Å². The Morgan fingerprint density at radius 1 is 1.13 bits per heavy atom. The Bertz CT molecular complexity index is 1090. The topological polar surface area (TPSA) is 61.6 Å². The van der Waals surface area contributed by atoms with Gasteiger partial charge in [-0.05, 0) is 55.8 Å². The van der Waals surface area contributed by atoms with Crippen molar-refractivity contribution in [2.75, 3.05) is 31.1 Å². The van der Waals surface area contributed by atoms with Crippen molar-refractivity contribution < 1.29 is 9.50 Å². The molecule has 162 valence electrons. The molecule has 1 N–H and O–H groups in total. The van der Waals surface area contributed by atoms with Crippen LogP contribution in [0.3, 0.4) is 0 Å². The Kier molecular flexibility index (Phi) is 6.04. The van der Waals surface area contributed by atoms with E-state index in [0.717, 1.165) is 30.0 Å². The molecule has 0 amide bonds. The predicted molar refractivity (Wildman–Crippen MR) is 119 cm³/mol. The van der Waals surface area contributed by atoms with Gasteiger partial charge < -0.3 is 14.6 Å². The van der Waals surface area contributed by atoms with Crippen molar-refractivity contribution in [3.63, 3.8) is 0 Å². The molecule has 1 unspecified atom stereocenters. The lowest BCUT2D eigenvalue weighted by molar-refractivity contribution is 0.207. The first-order chi connectivity index (χ1) is 15.0. The second kappa shape index (κ2) is 8.89. The van der Waals surface area contributed by atoms with Crippen LogP contribution in [0, 0.1) is 12.7 Å². The number of rotatable bonds is 5. The highest BCUT2D eigenvalue weighted by atomic mass is 19.1. The lowest BCUT2D eigenvalue weighted by atomic mass is 9.97. The van der Waals surface area contributed by atoms with Gasteiger partial charge in [0.2, 0.25) is 0 Å². The van der Waals surface area contributed by atoms with Crippen LogP contribution in [0.25, 0.3) is 0 Å². The molecule has 0 aliphatic carbocycles. The highest BCUT2D eigenvalue weighted by Crippen LogP contribution is 2.33. The van der Waals surface area contributed by atoms with Gasteiger partial charge in [-0.1, -0.05) is 6.07 Å². The lowest BCUT2D eigenvalue weighted by Crippen LogP contribution is -2.49. The predicted octanol–water partition coefficient (Wildman–Crippen LogP) is 3.33. The van der Waals surface area contributed by atoms with Gasteiger partial charge in [-0.15, -0.1) is 0 Å². The number of aryl methyl sites for hydroxylation is 1. The van der Waals surface area contributed by atoms with Crippen LogP contribution in [0.2, 0.25) is 0 Å². The highest BCUT2D eigenvalue weighted by molar-refractivity contribution is 5.47. The second-order valence-electron chi connectivity index (χ2n) is 7.82. The molecule has 0 radical (unpaired) electrons. The molecule has 1 aliphatic heterocycles. The zero-order chi connectivity index (χ0) is 22.0. The second-order valence-corrected chi connectivity index (χ2v) is 7.82. The summed E-state index contributed by atoms with van der Waals surface area (Å²) >= 11 is 0. The molecule has 6 nitrogen and oxygen atoms in total. The van der Waals surface area contributed by atoms with E-state index in [0.29, 0.717) is 25.2 Å². The quantitative estimate of drug-likeness (QED) is 0.684. The molecule has 1 saturated heterocycles. The van der Waals surface area contributed by atoms with E-state index in [4.69, 9.17) is 0 Å². The van der Waals surface area contributed by atoms with Crippen molar-refractivity contribution in [2.24, 2.45) is 0 Å². The fourth-order valence-corrected chi connectivity index (χ4v) is 4.41. The lowest BCUT2D eigenvalue weighted by Gasteiger charge is -2.40. The van der Waals surface area contributed by atoms with Gasteiger partial charge in [-0.3, -0.25) is 14.7 Å². The Morgan fingerprint density at radius 3 is 2.45 bits per heavy atom. The van der Waals surface area contributed by atoms with E-state index in [9.17, 15) is 14.3 Å². The minimum Gasteiger partial charge on any atom is -0.507 e. The number of aromatic nitrogens is 2. The number of hydrogen-bond donors (Lipinski definition) is 1. The molecular formula is C24H27FN4O2. The fraction of sp³-hybridized carbons (Fsp3) is 0.333. The van der Waals surface area contributed by atoms with Crippen LogP contribution < -0.4 is 10.5 Å². The van der Waals surface area contributed by atoms with Crippen LogP contribution in [-0.4, -0.2) is 45.7 Å². The molecule has 0 saturated carbocycles. The summed E-state index contributed by atoms with van der Waals surface area (Å²) in [6.45, 7) is 7.14. The first-order valence-corrected chi connectivity index (χ1v) is 10.6. The molecule has 31 heavy (non-hydrogen) atoms. The Hall–Kier alpha value is -3.19. The monoisotopic (exact) mass is 422 g/mol. The summed E-state index contributed by atoms with van der Waals surface area (Å²) < 4.78 is 15.0. The smallest absolute Gasteiger partial charge is 0.259 e. The van der Waals surface area contributed by atoms with E-state index >= 15 is 0 Å². The number of halogens is 1. The van der Waals surface area contributed by atoms with Crippen molar-refractivity contribution >= 4 is 5.69 Å². The summed E-state index contributed by atoms with van der Waals surface area (Å²) in [5, 5.41) is 10.8. The summed E-state index contributed by atoms with van der Waals surface area (Å²) in [6, 6.07) is 11.6. The SMILES string of the molecule is CCn1c(C)cc(O)c(C(c2cccnc2)N2CCN(c3ccc(F)cc3)CC2)c1=O. The summed E-state index contributed by atoms with van der Waals surface area (Å²) in [5.74, 6) is -0.233. The molecular weight excluding hydrogens is 395 g/mol. The van der Waals surface area contributed by atoms with E-state index in [1.54, 1.807) is 35.2 Å². The third kappa shape index (κ3) is 4.18. The largest absolute Gasteiger partial charge is 0.507 e. The average molecular weight is 423 g/mol. The molecule has 4 rings (SSSR count). The van der Waals surface area contributed by atoms with Gasteiger partial charge in [0, 0.05) is 56.5 Å². The van der Waals surface area contributed by atoms with Gasteiger partial charge in [0.15, 0.2) is 0 Å². The molecule has 3 aromatic rings. The van der Waals surface area contributed by atoms with Gasteiger partial charge >= 0.3 is 0 Å². The van der Waals surface area contributed by atoms with Crippen LogP contribution in [-0.2, 0) is 6.54 Å². The van der Waals surface area contributed by atoms with E-state index in [1.165, 1.54) is 12.1 Å². The molecule has 1 fully saturated rings. The summed E-state index contributed by atoms with van der Waals surface area (Å²) in [4.78, 5) is 22.0. The zero-order valence-electron chi connectivity index (χ0n) is 17.8. The normalized spacial score (nSPS) is 15.8. The van der Waals surface area contributed by atoms with Gasteiger partial charge in [0.1, 0.15) is 11.6 Å². The third-order valence-electron chi connectivity index (χ3n) is 5.98. The van der Waals surface area contributed by atoms with Gasteiger partial charge in [0.05, 0.1) is 11.6 Å². The van der Waals surface area contributed by atoms with Gasteiger partial charge in [-0.25, -0.2) is 4.39 Å². The van der Waals surface area contributed by atoms with Crippen LogP contribution >= 0.6 is 0 Å². The number of piperazine rings is 1. The molecule has 7 heteroatoms. The Labute approximate surface area is 181 Å². The van der Waals surface area contributed by atoms with Crippen LogP contribution in [0.1, 0.15) is 29.8 Å². The average Bonchev–Trinajstić information content (AvgIpc) is 2.78. The number of nitrogens with zero attached hydrogens (tertiary/aromatic N) is 4. The number of benzene rings is 1. The number of anilines is 1. The summed E-state index contributed by atoms with van der Waals surface area (Å²) in [5.41, 5.74) is 2.80. The first kappa shape index (κ1) is 21.1. The molecule has 3 heterocycles. The minimum absolute atomic E-state index is 0.0158. The van der Waals surface area contributed by atoms with Crippen molar-refractivity contribution in [3.05, 3.63) is 87.9 Å². The van der Waals surface area contributed by atoms with Crippen LogP contribution in [0.4, 0.5) is 10.1 Å². The molecule has 0 bridgehead atoms. The number of aromatic hydroxyl groups is 1. The Morgan fingerprint density at radius 2 is 1.84 bits per heavy atom. The maximum atomic E-state index is 13.3. The van der Waals surface area contributed by atoms with Crippen LogP contribution in [0.5, 0.6) is 5.75 Å². The molecule has 1 atom stereocenters. The van der Waals surface area contributed by atoms with Crippen LogP contribution in [0.15, 0.2) is 59.7 Å². The van der Waals surface area contributed by atoms with Crippen molar-refractivity contribution in [2.45, 2.75) is 26.4 Å². The molecule has 1 aliphatic rings. The fourth-order valence-electron chi connectivity index (χ4n) is 4.41. The standard InChI is InChI=1S/C24H27FN4O2/c1-3-29-17(2)15-21(30)22(24(29)31)23(18-5-4-10-26-16-18)28-13-11-27(12-14-28)20-8-6-19(25)7-9-20/h4-10,15-16,23,30H,3,11-14H2,1-2H3. The molecule has 1 aromatic carbocycles. The minimum atomic E-state index is -0.394. The maximum absolute atomic E-state index is 13.3. The first-order valence-electron chi connectivity index (χ1n) is 10.6. The number of pyridine rings is 2. The number of hydrogen-bond acceptors (Lipinski definition) is 5. The van der Waals surface area contributed by atoms with E-state index in [-0.39, 0.29) is 17.1 Å². The Balaban J connectivity index is 1.69. The molecule has 0 spiro atoms. The summed E-state index contributed by atoms with van der Waals surface area (Å²) in [7, 11) is 0. The highest BCUT2D eigenvalue weighted by Gasteiger charge is 2.31. The van der Waals surface area contributed by atoms with Gasteiger partial charge in [-0.2, -0.15) is 0 Å². The van der Waals surface area contributed by atoms with Crippen molar-refractivity contribution in [1.82, 2.24) is 14.5 Å². The third-order valence-corrected chi connectivity index (χ3v) is 5.98. The van der Waals surface area contributed by atoms with Crippen molar-refractivity contribution in [1.29, 1.82) is 0 Å². The molecule has 2 aromatic heterocycles.